The van der Waals surface area contributed by atoms with E-state index in [2.05, 4.69) is 0 Å². The molecule has 1 unspecified atom stereocenters. The number of pyridine rings is 1. The van der Waals surface area contributed by atoms with E-state index in [1.54, 1.807) is 9.58 Å². The van der Waals surface area contributed by atoms with E-state index in [9.17, 15) is 14.0 Å². The van der Waals surface area contributed by atoms with Crippen LogP contribution in [0.2, 0.25) is 5.15 Å². The molecule has 156 valence electrons. The molecule has 9 heteroatoms. The molecular formula is C20H24ClFN4O3. The van der Waals surface area contributed by atoms with E-state index in [0.29, 0.717) is 24.2 Å². The highest BCUT2D eigenvalue weighted by Gasteiger charge is 2.59. The molecule has 3 atom stereocenters. The minimum absolute atomic E-state index is 0.0597. The maximum atomic E-state index is 15.0. The number of fused-ring (bicyclic) bond motifs is 2. The number of rotatable bonds is 2. The summed E-state index contributed by atoms with van der Waals surface area (Å²) in [5.41, 5.74) is 0.0275. The summed E-state index contributed by atoms with van der Waals surface area (Å²) in [4.78, 5) is 27.0. The average Bonchev–Trinajstić information content (AvgIpc) is 3.52. The smallest absolute Gasteiger partial charge is 0.410 e. The highest BCUT2D eigenvalue weighted by Crippen LogP contribution is 2.59. The van der Waals surface area contributed by atoms with Crippen LogP contribution in [0, 0.1) is 17.7 Å². The Morgan fingerprint density at radius 2 is 1.86 bits per heavy atom. The summed E-state index contributed by atoms with van der Waals surface area (Å²) in [5, 5.41) is 4.84. The summed E-state index contributed by atoms with van der Waals surface area (Å²) in [6.07, 6.45) is 1.53. The predicted molar refractivity (Wildman–Crippen MR) is 106 cm³/mol. The van der Waals surface area contributed by atoms with Crippen LogP contribution in [-0.4, -0.2) is 44.0 Å². The Bertz CT molecular complexity index is 1090. The number of halogens is 2. The van der Waals surface area contributed by atoms with Gasteiger partial charge in [-0.05, 0) is 45.4 Å². The Labute approximate surface area is 172 Å². The lowest BCUT2D eigenvalue weighted by Crippen LogP contribution is -2.37. The lowest BCUT2D eigenvalue weighted by Gasteiger charge is -2.25. The van der Waals surface area contributed by atoms with E-state index in [1.165, 1.54) is 7.05 Å². The maximum Gasteiger partial charge on any atom is 0.410 e. The Morgan fingerprint density at radius 3 is 2.41 bits per heavy atom. The molecule has 0 bridgehead atoms. The van der Waals surface area contributed by atoms with Gasteiger partial charge in [-0.3, -0.25) is 14.0 Å². The van der Waals surface area contributed by atoms with Crippen molar-refractivity contribution in [3.63, 3.8) is 0 Å². The molecule has 1 amide bonds. The molecule has 1 aliphatic heterocycles. The van der Waals surface area contributed by atoms with E-state index in [-0.39, 0.29) is 46.1 Å². The van der Waals surface area contributed by atoms with Crippen molar-refractivity contribution < 1.29 is 13.9 Å². The molecule has 7 nitrogen and oxygen atoms in total. The largest absolute Gasteiger partial charge is 0.444 e. The van der Waals surface area contributed by atoms with Gasteiger partial charge in [0.25, 0.3) is 5.56 Å². The third kappa shape index (κ3) is 2.86. The Hall–Kier alpha value is -2.09. The lowest BCUT2D eigenvalue weighted by molar-refractivity contribution is 0.0271. The molecular weight excluding hydrogens is 399 g/mol. The number of hydrogen-bond donors (Lipinski definition) is 0. The number of ether oxygens (including phenoxy) is 1. The van der Waals surface area contributed by atoms with E-state index >= 15 is 0 Å². The van der Waals surface area contributed by atoms with Gasteiger partial charge in [0.15, 0.2) is 5.82 Å². The zero-order valence-corrected chi connectivity index (χ0v) is 17.7. The third-order valence-electron chi connectivity index (χ3n) is 6.19. The van der Waals surface area contributed by atoms with Crippen LogP contribution in [-0.2, 0) is 11.8 Å². The first-order valence-electron chi connectivity index (χ1n) is 10.0. The molecule has 2 aromatic heterocycles. The fourth-order valence-corrected chi connectivity index (χ4v) is 4.77. The fraction of sp³-hybridized carbons (Fsp3) is 0.650. The van der Waals surface area contributed by atoms with E-state index < -0.39 is 11.4 Å². The number of likely N-dealkylation sites (tertiary alicyclic amines) is 1. The highest BCUT2D eigenvalue weighted by atomic mass is 35.5. The van der Waals surface area contributed by atoms with Gasteiger partial charge >= 0.3 is 6.09 Å². The number of carbonyl (C=O) groups excluding carboxylic acids is 1. The summed E-state index contributed by atoms with van der Waals surface area (Å²) in [6, 6.07) is 0.126. The summed E-state index contributed by atoms with van der Waals surface area (Å²) >= 11 is 6.05. The first kappa shape index (κ1) is 18.9. The first-order valence-corrected chi connectivity index (χ1v) is 10.4. The monoisotopic (exact) mass is 422 g/mol. The van der Waals surface area contributed by atoms with Crippen molar-refractivity contribution in [2.75, 3.05) is 13.1 Å². The molecule has 0 radical (unpaired) electrons. The number of amides is 1. The van der Waals surface area contributed by atoms with Gasteiger partial charge in [0, 0.05) is 26.1 Å². The summed E-state index contributed by atoms with van der Waals surface area (Å²) in [6.45, 7) is 6.67. The van der Waals surface area contributed by atoms with Crippen LogP contribution in [0.25, 0.3) is 10.9 Å². The van der Waals surface area contributed by atoms with Crippen LogP contribution in [0.1, 0.15) is 51.3 Å². The van der Waals surface area contributed by atoms with Gasteiger partial charge in [-0.1, -0.05) is 11.6 Å². The van der Waals surface area contributed by atoms with Crippen LogP contribution in [0.5, 0.6) is 0 Å². The lowest BCUT2D eigenvalue weighted by atomic mass is 10.1. The van der Waals surface area contributed by atoms with Gasteiger partial charge < -0.3 is 9.64 Å². The Balaban J connectivity index is 1.48. The van der Waals surface area contributed by atoms with Crippen LogP contribution in [0.15, 0.2) is 4.79 Å². The van der Waals surface area contributed by atoms with Crippen LogP contribution < -0.4 is 5.56 Å². The third-order valence-corrected chi connectivity index (χ3v) is 6.61. The average molecular weight is 423 g/mol. The van der Waals surface area contributed by atoms with Crippen LogP contribution >= 0.6 is 11.6 Å². The van der Waals surface area contributed by atoms with Gasteiger partial charge in [-0.15, -0.1) is 0 Å². The van der Waals surface area contributed by atoms with Crippen LogP contribution in [0.4, 0.5) is 9.18 Å². The van der Waals surface area contributed by atoms with E-state index in [0.717, 1.165) is 17.4 Å². The SMILES string of the molecule is Cn1c(Cl)c(F)c2c(c(C3[C@H]4CN(C(=O)OC(C)(C)C)C[C@@H]34)nn2C2CC2)c1=O. The fourth-order valence-electron chi connectivity index (χ4n) is 4.60. The number of piperidine rings is 1. The van der Waals surface area contributed by atoms with Crippen molar-refractivity contribution in [2.45, 2.75) is 51.2 Å². The molecule has 3 aliphatic rings. The van der Waals surface area contributed by atoms with Crippen LogP contribution in [0.3, 0.4) is 0 Å². The van der Waals surface area contributed by atoms with Crippen molar-refractivity contribution in [2.24, 2.45) is 18.9 Å². The van der Waals surface area contributed by atoms with Gasteiger partial charge in [0.05, 0.1) is 17.1 Å². The van der Waals surface area contributed by atoms with E-state index in [1.807, 2.05) is 20.8 Å². The standard InChI is InChI=1S/C20H24ClFN4O3/c1-20(2,3)29-19(28)25-7-10-11(8-25)12(10)15-13-16(26(23-15)9-5-6-9)14(22)17(21)24(4)18(13)27/h9-12H,5-8H2,1-4H3/t10-,11+,12?. The van der Waals surface area contributed by atoms with Gasteiger partial charge in [-0.2, -0.15) is 5.10 Å². The van der Waals surface area contributed by atoms with Gasteiger partial charge in [0.2, 0.25) is 0 Å². The molecule has 3 fully saturated rings. The van der Waals surface area contributed by atoms with Gasteiger partial charge in [0.1, 0.15) is 16.3 Å². The van der Waals surface area contributed by atoms with E-state index in [4.69, 9.17) is 21.4 Å². The predicted octanol–water partition coefficient (Wildman–Crippen LogP) is 3.44. The Kier molecular flexibility index (Phi) is 3.89. The van der Waals surface area contributed by atoms with Crippen molar-refractivity contribution in [1.29, 1.82) is 0 Å². The molecule has 5 rings (SSSR count). The van der Waals surface area contributed by atoms with Gasteiger partial charge in [-0.25, -0.2) is 9.18 Å². The minimum Gasteiger partial charge on any atom is -0.444 e. The zero-order chi connectivity index (χ0) is 20.8. The number of carbonyl (C=O) groups is 1. The Morgan fingerprint density at radius 1 is 1.24 bits per heavy atom. The molecule has 2 aliphatic carbocycles. The highest BCUT2D eigenvalue weighted by molar-refractivity contribution is 6.30. The number of aromatic nitrogens is 3. The van der Waals surface area contributed by atoms with Crippen molar-refractivity contribution in [3.8, 4) is 0 Å². The molecule has 2 saturated carbocycles. The summed E-state index contributed by atoms with van der Waals surface area (Å²) in [5.74, 6) is -0.0893. The second-order valence-electron chi connectivity index (χ2n) is 9.49. The molecule has 0 spiro atoms. The van der Waals surface area contributed by atoms with Crippen molar-refractivity contribution in [3.05, 3.63) is 27.0 Å². The number of hydrogen-bond acceptors (Lipinski definition) is 4. The molecule has 3 heterocycles. The summed E-state index contributed by atoms with van der Waals surface area (Å²) < 4.78 is 23.2. The van der Waals surface area contributed by atoms with Crippen molar-refractivity contribution >= 4 is 28.6 Å². The first-order chi connectivity index (χ1) is 13.6. The quantitative estimate of drug-likeness (QED) is 0.695. The second-order valence-corrected chi connectivity index (χ2v) is 9.85. The minimum atomic E-state index is -0.587. The molecule has 2 aromatic rings. The maximum absolute atomic E-state index is 15.0. The molecule has 0 N–H and O–H groups in total. The molecule has 1 saturated heterocycles. The molecule has 29 heavy (non-hydrogen) atoms. The second kappa shape index (κ2) is 5.97. The summed E-state index contributed by atoms with van der Waals surface area (Å²) in [7, 11) is 1.48. The zero-order valence-electron chi connectivity index (χ0n) is 16.9. The number of nitrogens with zero attached hydrogens (tertiary/aromatic N) is 4. The van der Waals surface area contributed by atoms with Crippen molar-refractivity contribution in [1.82, 2.24) is 19.2 Å². The normalized spacial score (nSPS) is 26.1. The topological polar surface area (TPSA) is 69.4 Å². The molecule has 0 aromatic carbocycles.